The van der Waals surface area contributed by atoms with Crippen molar-refractivity contribution in [2.75, 3.05) is 19.8 Å². The van der Waals surface area contributed by atoms with Crippen LogP contribution in [-0.2, 0) is 0 Å². The van der Waals surface area contributed by atoms with Crippen LogP contribution in [0.25, 0.3) is 0 Å². The van der Waals surface area contributed by atoms with Crippen LogP contribution in [0.1, 0.15) is 25.0 Å². The molecule has 0 bridgehead atoms. The van der Waals surface area contributed by atoms with E-state index in [9.17, 15) is 15.3 Å². The van der Waals surface area contributed by atoms with Crippen molar-refractivity contribution in [3.05, 3.63) is 34.3 Å². The van der Waals surface area contributed by atoms with Gasteiger partial charge < -0.3 is 20.6 Å². The lowest BCUT2D eigenvalue weighted by Crippen LogP contribution is -2.52. The Morgan fingerprint density at radius 1 is 1.33 bits per heavy atom. The van der Waals surface area contributed by atoms with Gasteiger partial charge >= 0.3 is 0 Å². The van der Waals surface area contributed by atoms with Crippen molar-refractivity contribution in [3.63, 3.8) is 0 Å². The van der Waals surface area contributed by atoms with Crippen LogP contribution in [0.3, 0.4) is 0 Å². The Kier molecular flexibility index (Phi) is 6.25. The molecule has 0 fully saturated rings. The highest BCUT2D eigenvalue weighted by molar-refractivity contribution is 9.10. The number of β-amino-alcohol motifs (C(OH)–C–C–N with tert-alkyl or cyclic N) is 1. The minimum absolute atomic E-state index is 0.162. The molecule has 4 nitrogen and oxygen atoms in total. The third-order valence-electron chi connectivity index (χ3n) is 3.19. The standard InChI is InChI=1S/C13H20BrNO3/c1-2-13(8-16,9-17)15-7-12(18)10-4-3-5-11(14)6-10/h3-6,12,15-18H,2,7-9H2,1H3. The summed E-state index contributed by atoms with van der Waals surface area (Å²) in [5.74, 6) is 0. The van der Waals surface area contributed by atoms with Crippen LogP contribution in [0.2, 0.25) is 0 Å². The van der Waals surface area contributed by atoms with Gasteiger partial charge in [-0.3, -0.25) is 0 Å². The van der Waals surface area contributed by atoms with Crippen LogP contribution >= 0.6 is 15.9 Å². The first-order chi connectivity index (χ1) is 8.56. The maximum Gasteiger partial charge on any atom is 0.0914 e. The summed E-state index contributed by atoms with van der Waals surface area (Å²) in [4.78, 5) is 0. The van der Waals surface area contributed by atoms with Crippen molar-refractivity contribution in [1.29, 1.82) is 0 Å². The zero-order valence-electron chi connectivity index (χ0n) is 10.4. The molecule has 5 heteroatoms. The number of rotatable bonds is 7. The smallest absolute Gasteiger partial charge is 0.0914 e. The Bertz CT molecular complexity index is 361. The lowest BCUT2D eigenvalue weighted by Gasteiger charge is -2.31. The molecule has 1 aromatic rings. The van der Waals surface area contributed by atoms with Crippen molar-refractivity contribution in [2.24, 2.45) is 0 Å². The van der Waals surface area contributed by atoms with Gasteiger partial charge in [-0.25, -0.2) is 0 Å². The number of aliphatic hydroxyl groups excluding tert-OH is 3. The van der Waals surface area contributed by atoms with Crippen LogP contribution in [-0.4, -0.2) is 40.6 Å². The maximum absolute atomic E-state index is 10.0. The summed E-state index contributed by atoms with van der Waals surface area (Å²) in [6.07, 6.45) is -0.0860. The predicted octanol–water partition coefficient (Wildman–Crippen LogP) is 1.21. The van der Waals surface area contributed by atoms with Crippen molar-refractivity contribution >= 4 is 15.9 Å². The molecule has 0 heterocycles. The number of hydrogen-bond donors (Lipinski definition) is 4. The highest BCUT2D eigenvalue weighted by Crippen LogP contribution is 2.18. The predicted molar refractivity (Wildman–Crippen MR) is 74.3 cm³/mol. The van der Waals surface area contributed by atoms with Crippen LogP contribution in [0.5, 0.6) is 0 Å². The van der Waals surface area contributed by atoms with Gasteiger partial charge in [0.25, 0.3) is 0 Å². The zero-order valence-corrected chi connectivity index (χ0v) is 12.0. The molecule has 1 unspecified atom stereocenters. The number of hydrogen-bond acceptors (Lipinski definition) is 4. The fourth-order valence-corrected chi connectivity index (χ4v) is 2.07. The summed E-state index contributed by atoms with van der Waals surface area (Å²) in [6.45, 7) is 1.84. The second-order valence-corrected chi connectivity index (χ2v) is 5.32. The second-order valence-electron chi connectivity index (χ2n) is 4.40. The Labute approximate surface area is 116 Å². The Morgan fingerprint density at radius 2 is 2.00 bits per heavy atom. The fourth-order valence-electron chi connectivity index (χ4n) is 1.66. The molecule has 0 aliphatic heterocycles. The summed E-state index contributed by atoms with van der Waals surface area (Å²) >= 11 is 3.35. The molecular formula is C13H20BrNO3. The minimum Gasteiger partial charge on any atom is -0.394 e. The first-order valence-electron chi connectivity index (χ1n) is 5.97. The van der Waals surface area contributed by atoms with Gasteiger partial charge in [0.05, 0.1) is 24.9 Å². The molecule has 0 aliphatic rings. The monoisotopic (exact) mass is 317 g/mol. The van der Waals surface area contributed by atoms with Gasteiger partial charge in [-0.05, 0) is 24.1 Å². The Balaban J connectivity index is 2.62. The Morgan fingerprint density at radius 3 is 2.50 bits per heavy atom. The molecule has 102 valence electrons. The quantitative estimate of drug-likeness (QED) is 0.610. The lowest BCUT2D eigenvalue weighted by atomic mass is 9.97. The number of aliphatic hydroxyl groups is 3. The van der Waals surface area contributed by atoms with E-state index in [-0.39, 0.29) is 19.8 Å². The molecule has 0 saturated carbocycles. The molecule has 0 amide bonds. The van der Waals surface area contributed by atoms with Crippen molar-refractivity contribution in [3.8, 4) is 0 Å². The molecule has 18 heavy (non-hydrogen) atoms. The molecule has 0 spiro atoms. The number of nitrogens with one attached hydrogen (secondary N) is 1. The largest absolute Gasteiger partial charge is 0.394 e. The van der Waals surface area contributed by atoms with E-state index in [4.69, 9.17) is 0 Å². The van der Waals surface area contributed by atoms with Gasteiger partial charge in [0.1, 0.15) is 0 Å². The van der Waals surface area contributed by atoms with Crippen LogP contribution < -0.4 is 5.32 Å². The van der Waals surface area contributed by atoms with E-state index in [0.717, 1.165) is 10.0 Å². The molecule has 0 aliphatic carbocycles. The first-order valence-corrected chi connectivity index (χ1v) is 6.76. The topological polar surface area (TPSA) is 72.7 Å². The van der Waals surface area contributed by atoms with Gasteiger partial charge in [-0.1, -0.05) is 35.0 Å². The number of halogens is 1. The average Bonchev–Trinajstić information content (AvgIpc) is 2.40. The zero-order chi connectivity index (χ0) is 13.6. The summed E-state index contributed by atoms with van der Waals surface area (Å²) < 4.78 is 0.908. The maximum atomic E-state index is 10.0. The van der Waals surface area contributed by atoms with Gasteiger partial charge in [-0.15, -0.1) is 0 Å². The van der Waals surface area contributed by atoms with Crippen LogP contribution in [0.4, 0.5) is 0 Å². The van der Waals surface area contributed by atoms with Crippen LogP contribution in [0.15, 0.2) is 28.7 Å². The van der Waals surface area contributed by atoms with Gasteiger partial charge in [0.15, 0.2) is 0 Å². The Hall–Kier alpha value is -0.460. The highest BCUT2D eigenvalue weighted by atomic mass is 79.9. The summed E-state index contributed by atoms with van der Waals surface area (Å²) in [5.41, 5.74) is 0.0604. The third-order valence-corrected chi connectivity index (χ3v) is 3.68. The van der Waals surface area contributed by atoms with E-state index in [1.165, 1.54) is 0 Å². The lowest BCUT2D eigenvalue weighted by molar-refractivity contribution is 0.0707. The van der Waals surface area contributed by atoms with Crippen molar-refractivity contribution in [1.82, 2.24) is 5.32 Å². The van der Waals surface area contributed by atoms with Gasteiger partial charge in [0, 0.05) is 11.0 Å². The van der Waals surface area contributed by atoms with Gasteiger partial charge in [0.2, 0.25) is 0 Å². The molecule has 1 atom stereocenters. The third kappa shape index (κ3) is 4.03. The summed E-state index contributed by atoms with van der Waals surface area (Å²) in [7, 11) is 0. The molecule has 0 radical (unpaired) electrons. The normalized spacial score (nSPS) is 13.6. The van der Waals surface area contributed by atoms with Gasteiger partial charge in [-0.2, -0.15) is 0 Å². The number of benzene rings is 1. The minimum atomic E-state index is -0.729. The molecule has 1 aromatic carbocycles. The average molecular weight is 318 g/mol. The summed E-state index contributed by atoms with van der Waals surface area (Å²) in [5, 5.41) is 31.7. The highest BCUT2D eigenvalue weighted by Gasteiger charge is 2.26. The first kappa shape index (κ1) is 15.6. The molecule has 0 saturated heterocycles. The van der Waals surface area contributed by atoms with E-state index in [1.54, 1.807) is 0 Å². The second kappa shape index (κ2) is 7.21. The van der Waals surface area contributed by atoms with Crippen molar-refractivity contribution in [2.45, 2.75) is 25.0 Å². The van der Waals surface area contributed by atoms with E-state index in [0.29, 0.717) is 6.42 Å². The molecule has 0 aromatic heterocycles. The molecular weight excluding hydrogens is 298 g/mol. The SMILES string of the molecule is CCC(CO)(CO)NCC(O)c1cccc(Br)c1. The van der Waals surface area contributed by atoms with E-state index in [1.807, 2.05) is 31.2 Å². The van der Waals surface area contributed by atoms with Crippen LogP contribution in [0, 0.1) is 0 Å². The van der Waals surface area contributed by atoms with E-state index in [2.05, 4.69) is 21.2 Å². The van der Waals surface area contributed by atoms with Crippen molar-refractivity contribution < 1.29 is 15.3 Å². The van der Waals surface area contributed by atoms with E-state index < -0.39 is 11.6 Å². The molecule has 4 N–H and O–H groups in total. The van der Waals surface area contributed by atoms with E-state index >= 15 is 0 Å². The summed E-state index contributed by atoms with van der Waals surface area (Å²) in [6, 6.07) is 7.43. The molecule has 1 rings (SSSR count). The fraction of sp³-hybridized carbons (Fsp3) is 0.538.